The molecule has 1 aliphatic heterocycles. The first-order chi connectivity index (χ1) is 17.2. The van der Waals surface area contributed by atoms with Crippen molar-refractivity contribution in [2.45, 2.75) is 22.5 Å². The van der Waals surface area contributed by atoms with E-state index in [2.05, 4.69) is 31.9 Å². The van der Waals surface area contributed by atoms with Crippen LogP contribution in [0.1, 0.15) is 46.5 Å². The van der Waals surface area contributed by atoms with Crippen molar-refractivity contribution in [3.8, 4) is 0 Å². The Morgan fingerprint density at radius 3 is 1.61 bits per heavy atom. The minimum Gasteiger partial charge on any atom is -0.462 e. The van der Waals surface area contributed by atoms with Gasteiger partial charge in [-0.1, -0.05) is 94.2 Å². The van der Waals surface area contributed by atoms with Crippen molar-refractivity contribution >= 4 is 55.3 Å². The third kappa shape index (κ3) is 2.96. The number of anilines is 1. The van der Waals surface area contributed by atoms with E-state index in [-0.39, 0.29) is 17.7 Å². The number of amides is 2. The number of halogens is 2. The molecule has 1 saturated heterocycles. The van der Waals surface area contributed by atoms with E-state index < -0.39 is 26.5 Å². The van der Waals surface area contributed by atoms with Crippen LogP contribution in [0.2, 0.25) is 0 Å². The van der Waals surface area contributed by atoms with Gasteiger partial charge in [0.2, 0.25) is 11.8 Å². The van der Waals surface area contributed by atoms with E-state index in [1.807, 2.05) is 62.4 Å². The van der Waals surface area contributed by atoms with E-state index in [0.717, 1.165) is 22.3 Å². The number of nitrogens with zero attached hydrogens (tertiary/aromatic N) is 1. The van der Waals surface area contributed by atoms with Gasteiger partial charge in [-0.2, -0.15) is 0 Å². The summed E-state index contributed by atoms with van der Waals surface area (Å²) in [4.78, 5) is 41.8. The lowest BCUT2D eigenvalue weighted by atomic mass is 9.54. The minimum atomic E-state index is -0.831. The number of alkyl halides is 2. The van der Waals surface area contributed by atoms with Crippen LogP contribution in [0, 0.1) is 17.8 Å². The van der Waals surface area contributed by atoms with Crippen LogP contribution in [0.3, 0.4) is 0 Å². The predicted molar refractivity (Wildman–Crippen MR) is 143 cm³/mol. The molecule has 1 heterocycles. The van der Waals surface area contributed by atoms with E-state index in [0.29, 0.717) is 17.9 Å². The summed E-state index contributed by atoms with van der Waals surface area (Å²) in [6.07, 6.45) is 0. The maximum Gasteiger partial charge on any atom is 0.338 e. The fourth-order valence-electron chi connectivity index (χ4n) is 5.99. The normalized spacial score (nSPS) is 27.6. The molecule has 0 N–H and O–H groups in total. The standard InChI is InChI=1S/C29H23Br2NO4/c1-16(2)15-36-27(35)17-11-13-18(14-12-17)32-25(33)23-24(26(32)34)29(31)20-8-4-3-7-19(20)28(23,30)21-9-5-6-10-22(21)29/h3-14,16,23-24H,15H2,1-2H3/t23-,24+,28?,29?. The van der Waals surface area contributed by atoms with Crippen molar-refractivity contribution < 1.29 is 19.1 Å². The van der Waals surface area contributed by atoms with Gasteiger partial charge in [0.1, 0.15) is 0 Å². The number of imide groups is 1. The van der Waals surface area contributed by atoms with Crippen LogP contribution < -0.4 is 4.90 Å². The van der Waals surface area contributed by atoms with Gasteiger partial charge in [0, 0.05) is 0 Å². The molecule has 0 unspecified atom stereocenters. The molecule has 2 atom stereocenters. The molecule has 0 aromatic heterocycles. The Morgan fingerprint density at radius 2 is 1.22 bits per heavy atom. The largest absolute Gasteiger partial charge is 0.462 e. The van der Waals surface area contributed by atoms with Crippen molar-refractivity contribution in [1.29, 1.82) is 0 Å². The Balaban J connectivity index is 1.44. The molecule has 0 radical (unpaired) electrons. The van der Waals surface area contributed by atoms with Gasteiger partial charge in [0.25, 0.3) is 0 Å². The van der Waals surface area contributed by atoms with Gasteiger partial charge < -0.3 is 4.74 Å². The zero-order valence-corrected chi connectivity index (χ0v) is 22.9. The van der Waals surface area contributed by atoms with Crippen LogP contribution >= 0.6 is 31.9 Å². The second-order valence-corrected chi connectivity index (χ2v) is 12.5. The van der Waals surface area contributed by atoms with E-state index >= 15 is 0 Å². The number of benzene rings is 3. The molecule has 7 heteroatoms. The highest BCUT2D eigenvalue weighted by Gasteiger charge is 2.72. The third-order valence-corrected chi connectivity index (χ3v) is 10.2. The molecule has 7 rings (SSSR count). The summed E-state index contributed by atoms with van der Waals surface area (Å²) in [6, 6.07) is 22.5. The summed E-state index contributed by atoms with van der Waals surface area (Å²) in [7, 11) is 0. The fraction of sp³-hybridized carbons (Fsp3) is 0.276. The third-order valence-electron chi connectivity index (χ3n) is 7.49. The van der Waals surface area contributed by atoms with E-state index in [4.69, 9.17) is 4.74 Å². The van der Waals surface area contributed by atoms with Crippen LogP contribution in [0.15, 0.2) is 72.8 Å². The lowest BCUT2D eigenvalue weighted by Crippen LogP contribution is -2.56. The molecule has 2 amide bonds. The molecule has 3 aliphatic carbocycles. The highest BCUT2D eigenvalue weighted by Crippen LogP contribution is 2.70. The maximum absolute atomic E-state index is 14.1. The number of hydrogen-bond donors (Lipinski definition) is 0. The number of ether oxygens (including phenoxy) is 1. The van der Waals surface area contributed by atoms with Crippen molar-refractivity contribution in [1.82, 2.24) is 0 Å². The minimum absolute atomic E-state index is 0.230. The monoisotopic (exact) mass is 607 g/mol. The summed E-state index contributed by atoms with van der Waals surface area (Å²) in [6.45, 7) is 4.27. The van der Waals surface area contributed by atoms with Crippen LogP contribution in [-0.4, -0.2) is 24.4 Å². The van der Waals surface area contributed by atoms with E-state index in [9.17, 15) is 14.4 Å². The van der Waals surface area contributed by atoms with E-state index in [1.54, 1.807) is 24.3 Å². The Morgan fingerprint density at radius 1 is 0.806 bits per heavy atom. The smallest absolute Gasteiger partial charge is 0.338 e. The number of esters is 1. The quantitative estimate of drug-likeness (QED) is 0.210. The SMILES string of the molecule is CC(C)COC(=O)c1ccc(N2C(=O)[C@@H]3[C@H](C2=O)C2(Br)c4ccccc4C3(Br)c3ccccc32)cc1. The van der Waals surface area contributed by atoms with Gasteiger partial charge in [-0.15, -0.1) is 0 Å². The molecule has 3 aromatic rings. The Kier molecular flexibility index (Phi) is 5.33. The average molecular weight is 609 g/mol. The molecule has 36 heavy (non-hydrogen) atoms. The molecule has 5 nitrogen and oxygen atoms in total. The molecule has 0 saturated carbocycles. The lowest BCUT2D eigenvalue weighted by Gasteiger charge is -2.55. The summed E-state index contributed by atoms with van der Waals surface area (Å²) < 4.78 is 3.65. The van der Waals surface area contributed by atoms with Gasteiger partial charge in [-0.05, 0) is 52.4 Å². The van der Waals surface area contributed by atoms with E-state index in [1.165, 1.54) is 4.90 Å². The average Bonchev–Trinajstić information content (AvgIpc) is 3.17. The van der Waals surface area contributed by atoms with Crippen LogP contribution in [-0.2, 0) is 23.0 Å². The first-order valence-electron chi connectivity index (χ1n) is 11.9. The van der Waals surface area contributed by atoms with Crippen molar-refractivity contribution in [2.75, 3.05) is 11.5 Å². The Hall–Kier alpha value is -2.77. The Labute approximate surface area is 226 Å². The second-order valence-electron chi connectivity index (χ2n) is 10.0. The molecular formula is C29H23Br2NO4. The van der Waals surface area contributed by atoms with Crippen LogP contribution in [0.4, 0.5) is 5.69 Å². The maximum atomic E-state index is 14.1. The molecule has 182 valence electrons. The highest BCUT2D eigenvalue weighted by molar-refractivity contribution is 9.10. The van der Waals surface area contributed by atoms with Crippen LogP contribution in [0.5, 0.6) is 0 Å². The molecule has 0 spiro atoms. The van der Waals surface area contributed by atoms with Gasteiger partial charge in [0.05, 0.1) is 38.3 Å². The van der Waals surface area contributed by atoms with Crippen molar-refractivity contribution in [3.63, 3.8) is 0 Å². The topological polar surface area (TPSA) is 63.7 Å². The predicted octanol–water partition coefficient (Wildman–Crippen LogP) is 5.91. The second kappa shape index (κ2) is 8.12. The summed E-state index contributed by atoms with van der Waals surface area (Å²) in [5.74, 6) is -1.98. The molecule has 4 aliphatic rings. The number of carbonyl (C=O) groups is 3. The zero-order chi connectivity index (χ0) is 25.4. The summed E-state index contributed by atoms with van der Waals surface area (Å²) >= 11 is 8.01. The summed E-state index contributed by atoms with van der Waals surface area (Å²) in [5.41, 5.74) is 4.80. The van der Waals surface area contributed by atoms with Crippen molar-refractivity contribution in [3.05, 3.63) is 101 Å². The van der Waals surface area contributed by atoms with Gasteiger partial charge in [0.15, 0.2) is 0 Å². The number of carbonyl (C=O) groups excluding carboxylic acids is 3. The van der Waals surface area contributed by atoms with Gasteiger partial charge >= 0.3 is 5.97 Å². The molecular weight excluding hydrogens is 586 g/mol. The molecule has 2 bridgehead atoms. The Bertz CT molecular complexity index is 1310. The van der Waals surface area contributed by atoms with Gasteiger partial charge in [-0.3, -0.25) is 9.59 Å². The van der Waals surface area contributed by atoms with Crippen molar-refractivity contribution in [2.24, 2.45) is 17.8 Å². The zero-order valence-electron chi connectivity index (χ0n) is 19.7. The first kappa shape index (κ1) is 23.6. The van der Waals surface area contributed by atoms with Crippen LogP contribution in [0.25, 0.3) is 0 Å². The number of hydrogen-bond acceptors (Lipinski definition) is 4. The fourth-order valence-corrected chi connectivity index (χ4v) is 8.30. The first-order valence-corrected chi connectivity index (χ1v) is 13.5. The molecule has 3 aromatic carbocycles. The van der Waals surface area contributed by atoms with Gasteiger partial charge in [-0.25, -0.2) is 9.69 Å². The summed E-state index contributed by atoms with van der Waals surface area (Å²) in [5, 5.41) is 0. The molecule has 1 fully saturated rings. The lowest BCUT2D eigenvalue weighted by molar-refractivity contribution is -0.122. The highest BCUT2D eigenvalue weighted by atomic mass is 79.9. The number of rotatable bonds is 4.